The minimum absolute atomic E-state index is 0.125. The van der Waals surface area contributed by atoms with Crippen molar-refractivity contribution in [2.45, 2.75) is 25.7 Å². The average Bonchev–Trinajstić information content (AvgIpc) is 2.96. The summed E-state index contributed by atoms with van der Waals surface area (Å²) in [7, 11) is 1.79. The Bertz CT molecular complexity index is 533. The van der Waals surface area contributed by atoms with E-state index in [-0.39, 0.29) is 11.8 Å². The number of aryl methyl sites for hydroxylation is 1. The molecule has 100 valence electrons. The molecule has 0 spiro atoms. The van der Waals surface area contributed by atoms with Gasteiger partial charge >= 0.3 is 0 Å². The number of nitrogens with zero attached hydrogens (tertiary/aromatic N) is 2. The van der Waals surface area contributed by atoms with E-state index in [9.17, 15) is 9.59 Å². The Balaban J connectivity index is 1.89. The number of hydrogen-bond donors (Lipinski definition) is 0. The number of hydrogen-bond acceptors (Lipinski definition) is 2. The van der Waals surface area contributed by atoms with Crippen molar-refractivity contribution in [2.75, 3.05) is 25.0 Å². The SMILES string of the molecule is CN1C(=O)CCc2cc(C(=O)N3CCCC3)ccc21. The standard InChI is InChI=1S/C15H18N2O2/c1-16-13-6-4-12(10-11(13)5-7-14(16)18)15(19)17-8-2-3-9-17/h4,6,10H,2-3,5,7-9H2,1H3. The fraction of sp³-hybridized carbons (Fsp3) is 0.467. The Morgan fingerprint density at radius 1 is 1.16 bits per heavy atom. The molecule has 0 aromatic heterocycles. The van der Waals surface area contributed by atoms with E-state index in [0.29, 0.717) is 6.42 Å². The van der Waals surface area contributed by atoms with Gasteiger partial charge in [0.25, 0.3) is 5.91 Å². The van der Waals surface area contributed by atoms with E-state index in [0.717, 1.165) is 49.2 Å². The second kappa shape index (κ2) is 4.68. The highest BCUT2D eigenvalue weighted by Crippen LogP contribution is 2.28. The molecule has 4 heteroatoms. The molecule has 0 radical (unpaired) electrons. The van der Waals surface area contributed by atoms with Crippen LogP contribution in [0.2, 0.25) is 0 Å². The summed E-state index contributed by atoms with van der Waals surface area (Å²) in [5, 5.41) is 0. The largest absolute Gasteiger partial charge is 0.339 e. The second-order valence-electron chi connectivity index (χ2n) is 5.30. The number of rotatable bonds is 1. The molecule has 0 bridgehead atoms. The van der Waals surface area contributed by atoms with Crippen molar-refractivity contribution >= 4 is 17.5 Å². The van der Waals surface area contributed by atoms with Gasteiger partial charge in [0.15, 0.2) is 0 Å². The lowest BCUT2D eigenvalue weighted by atomic mass is 9.99. The van der Waals surface area contributed by atoms with Gasteiger partial charge in [-0.25, -0.2) is 0 Å². The lowest BCUT2D eigenvalue weighted by Crippen LogP contribution is -2.32. The Morgan fingerprint density at radius 3 is 2.63 bits per heavy atom. The molecular formula is C15H18N2O2. The number of benzene rings is 1. The molecule has 1 aromatic carbocycles. The molecule has 2 heterocycles. The van der Waals surface area contributed by atoms with Crippen LogP contribution in [0.25, 0.3) is 0 Å². The number of carbonyl (C=O) groups is 2. The summed E-state index contributed by atoms with van der Waals surface area (Å²) in [6, 6.07) is 5.70. The third-order valence-corrected chi connectivity index (χ3v) is 4.06. The summed E-state index contributed by atoms with van der Waals surface area (Å²) in [5.41, 5.74) is 2.80. The van der Waals surface area contributed by atoms with E-state index in [2.05, 4.69) is 0 Å². The highest BCUT2D eigenvalue weighted by atomic mass is 16.2. The highest BCUT2D eigenvalue weighted by molar-refractivity contribution is 5.99. The average molecular weight is 258 g/mol. The van der Waals surface area contributed by atoms with Crippen molar-refractivity contribution in [1.29, 1.82) is 0 Å². The van der Waals surface area contributed by atoms with E-state index in [1.807, 2.05) is 23.1 Å². The molecule has 0 aliphatic carbocycles. The van der Waals surface area contributed by atoms with Crippen LogP contribution in [0.5, 0.6) is 0 Å². The maximum atomic E-state index is 12.3. The van der Waals surface area contributed by atoms with Gasteiger partial charge in [-0.3, -0.25) is 9.59 Å². The molecule has 4 nitrogen and oxygen atoms in total. The van der Waals surface area contributed by atoms with Gasteiger partial charge in [0.05, 0.1) is 0 Å². The summed E-state index contributed by atoms with van der Waals surface area (Å²) in [6.07, 6.45) is 3.48. The number of amides is 2. The third kappa shape index (κ3) is 2.11. The molecule has 1 aromatic rings. The molecule has 2 aliphatic rings. The number of anilines is 1. The molecule has 19 heavy (non-hydrogen) atoms. The summed E-state index contributed by atoms with van der Waals surface area (Å²) in [4.78, 5) is 27.6. The first-order valence-corrected chi connectivity index (χ1v) is 6.85. The Hall–Kier alpha value is -1.84. The molecule has 0 unspecified atom stereocenters. The molecule has 3 rings (SSSR count). The van der Waals surface area contributed by atoms with E-state index < -0.39 is 0 Å². The van der Waals surface area contributed by atoms with E-state index in [4.69, 9.17) is 0 Å². The predicted octanol–water partition coefficient (Wildman–Crippen LogP) is 1.83. The topological polar surface area (TPSA) is 40.6 Å². The van der Waals surface area contributed by atoms with Crippen LogP contribution in [0.3, 0.4) is 0 Å². The van der Waals surface area contributed by atoms with Gasteiger partial charge in [0.1, 0.15) is 0 Å². The summed E-state index contributed by atoms with van der Waals surface area (Å²) in [6.45, 7) is 1.74. The summed E-state index contributed by atoms with van der Waals surface area (Å²) in [5.74, 6) is 0.269. The van der Waals surface area contributed by atoms with Crippen molar-refractivity contribution < 1.29 is 9.59 Å². The maximum absolute atomic E-state index is 12.3. The van der Waals surface area contributed by atoms with Gasteiger partial charge in [-0.05, 0) is 43.0 Å². The van der Waals surface area contributed by atoms with Gasteiger partial charge in [-0.1, -0.05) is 0 Å². The van der Waals surface area contributed by atoms with Crippen molar-refractivity contribution in [1.82, 2.24) is 4.90 Å². The zero-order valence-corrected chi connectivity index (χ0v) is 11.2. The van der Waals surface area contributed by atoms with Crippen LogP contribution in [0.1, 0.15) is 35.2 Å². The Labute approximate surface area is 113 Å². The molecule has 1 fully saturated rings. The number of likely N-dealkylation sites (tertiary alicyclic amines) is 1. The molecule has 0 N–H and O–H groups in total. The minimum Gasteiger partial charge on any atom is -0.339 e. The van der Waals surface area contributed by atoms with Crippen molar-refractivity contribution in [3.05, 3.63) is 29.3 Å². The van der Waals surface area contributed by atoms with Gasteiger partial charge < -0.3 is 9.80 Å². The van der Waals surface area contributed by atoms with Crippen LogP contribution in [0.15, 0.2) is 18.2 Å². The van der Waals surface area contributed by atoms with Crippen molar-refractivity contribution in [3.8, 4) is 0 Å². The maximum Gasteiger partial charge on any atom is 0.253 e. The van der Waals surface area contributed by atoms with Crippen LogP contribution >= 0.6 is 0 Å². The quantitative estimate of drug-likeness (QED) is 0.771. The van der Waals surface area contributed by atoms with E-state index >= 15 is 0 Å². The molecule has 2 aliphatic heterocycles. The van der Waals surface area contributed by atoms with Gasteiger partial charge in [-0.2, -0.15) is 0 Å². The van der Waals surface area contributed by atoms with Crippen LogP contribution in [0, 0.1) is 0 Å². The fourth-order valence-electron chi connectivity index (χ4n) is 2.89. The van der Waals surface area contributed by atoms with Gasteiger partial charge in [0, 0.05) is 37.8 Å². The number of fused-ring (bicyclic) bond motifs is 1. The van der Waals surface area contributed by atoms with Gasteiger partial charge in [0.2, 0.25) is 5.91 Å². The molecular weight excluding hydrogens is 240 g/mol. The second-order valence-corrected chi connectivity index (χ2v) is 5.30. The lowest BCUT2D eigenvalue weighted by Gasteiger charge is -2.26. The van der Waals surface area contributed by atoms with Crippen LogP contribution in [-0.2, 0) is 11.2 Å². The van der Waals surface area contributed by atoms with E-state index in [1.54, 1.807) is 11.9 Å². The van der Waals surface area contributed by atoms with Crippen molar-refractivity contribution in [3.63, 3.8) is 0 Å². The molecule has 1 saturated heterocycles. The predicted molar refractivity (Wildman–Crippen MR) is 73.3 cm³/mol. The summed E-state index contributed by atoms with van der Waals surface area (Å²) >= 11 is 0. The third-order valence-electron chi connectivity index (χ3n) is 4.06. The van der Waals surface area contributed by atoms with Crippen molar-refractivity contribution in [2.24, 2.45) is 0 Å². The monoisotopic (exact) mass is 258 g/mol. The summed E-state index contributed by atoms with van der Waals surface area (Å²) < 4.78 is 0. The normalized spacial score (nSPS) is 18.7. The smallest absolute Gasteiger partial charge is 0.253 e. The minimum atomic E-state index is 0.125. The van der Waals surface area contributed by atoms with Crippen LogP contribution in [0.4, 0.5) is 5.69 Å². The molecule has 0 atom stereocenters. The zero-order valence-electron chi connectivity index (χ0n) is 11.2. The first-order chi connectivity index (χ1) is 9.16. The first kappa shape index (κ1) is 12.2. The Kier molecular flexibility index (Phi) is 3.01. The zero-order chi connectivity index (χ0) is 13.4. The number of carbonyl (C=O) groups excluding carboxylic acids is 2. The lowest BCUT2D eigenvalue weighted by molar-refractivity contribution is -0.118. The first-order valence-electron chi connectivity index (χ1n) is 6.85. The van der Waals surface area contributed by atoms with Gasteiger partial charge in [-0.15, -0.1) is 0 Å². The van der Waals surface area contributed by atoms with E-state index in [1.165, 1.54) is 0 Å². The van der Waals surface area contributed by atoms with Crippen LogP contribution in [-0.4, -0.2) is 36.9 Å². The Morgan fingerprint density at radius 2 is 1.89 bits per heavy atom. The fourth-order valence-corrected chi connectivity index (χ4v) is 2.89. The van der Waals surface area contributed by atoms with Crippen LogP contribution < -0.4 is 4.90 Å². The molecule has 0 saturated carbocycles. The molecule has 2 amide bonds. The highest BCUT2D eigenvalue weighted by Gasteiger charge is 2.24.